The van der Waals surface area contributed by atoms with Gasteiger partial charge in [-0.15, -0.1) is 11.3 Å². The van der Waals surface area contributed by atoms with E-state index in [1.165, 1.54) is 32.7 Å². The van der Waals surface area contributed by atoms with Crippen LogP contribution in [0.3, 0.4) is 0 Å². The summed E-state index contributed by atoms with van der Waals surface area (Å²) in [6.07, 6.45) is 3.23. The van der Waals surface area contributed by atoms with Gasteiger partial charge in [0.1, 0.15) is 10.8 Å². The third-order valence-corrected chi connectivity index (χ3v) is 5.97. The molecule has 0 amide bonds. The van der Waals surface area contributed by atoms with Crippen LogP contribution in [0.4, 0.5) is 5.00 Å². The maximum Gasteiger partial charge on any atom is 0.126 e. The van der Waals surface area contributed by atoms with Gasteiger partial charge in [0.05, 0.1) is 0 Å². The van der Waals surface area contributed by atoms with Crippen molar-refractivity contribution >= 4 is 27.7 Å². The molecule has 0 aliphatic carbocycles. The standard InChI is InChI=1S/C21H24N2S.3C2H6.H3N/c1-6-16-7-9-17(10-8-16)18-11-12(2)13(3)20(22)23-21-19(18)14(4)15(5)24-21;3*1-2;/h7-11,13H,2,6H2,1,3-5H3,(H2,22,23);3*1-2H3;1H3. The Morgan fingerprint density at radius 2 is 1.52 bits per heavy atom. The van der Waals surface area contributed by atoms with Crippen LogP contribution in [-0.2, 0) is 6.42 Å². The van der Waals surface area contributed by atoms with Gasteiger partial charge in [-0.05, 0) is 48.1 Å². The fourth-order valence-corrected chi connectivity index (χ4v) is 4.00. The lowest BCUT2D eigenvalue weighted by Crippen LogP contribution is -2.22. The second kappa shape index (κ2) is 15.6. The van der Waals surface area contributed by atoms with E-state index in [1.807, 2.05) is 41.5 Å². The van der Waals surface area contributed by atoms with E-state index < -0.39 is 0 Å². The van der Waals surface area contributed by atoms with Crippen molar-refractivity contribution in [2.45, 2.75) is 75.7 Å². The van der Waals surface area contributed by atoms with Gasteiger partial charge < -0.3 is 11.9 Å². The number of nitrogens with two attached hydrogens (primary N) is 1. The molecule has 4 heteroatoms. The molecule has 0 bridgehead atoms. The van der Waals surface area contributed by atoms with Crippen molar-refractivity contribution in [3.05, 3.63) is 69.6 Å². The molecule has 5 N–H and O–H groups in total. The number of hydrogen-bond acceptors (Lipinski definition) is 4. The molecule has 2 heterocycles. The van der Waals surface area contributed by atoms with E-state index >= 15 is 0 Å². The van der Waals surface area contributed by atoms with Gasteiger partial charge in [-0.25, -0.2) is 4.99 Å². The van der Waals surface area contributed by atoms with Crippen molar-refractivity contribution < 1.29 is 0 Å². The molecule has 0 spiro atoms. The molecule has 1 aliphatic rings. The summed E-state index contributed by atoms with van der Waals surface area (Å²) in [7, 11) is 0. The lowest BCUT2D eigenvalue weighted by molar-refractivity contribution is 0.935. The summed E-state index contributed by atoms with van der Waals surface area (Å²) in [5, 5.41) is 1.01. The molecule has 2 aromatic rings. The first-order valence-electron chi connectivity index (χ1n) is 11.4. The van der Waals surface area contributed by atoms with Crippen molar-refractivity contribution in [3.8, 4) is 0 Å². The maximum absolute atomic E-state index is 6.20. The third kappa shape index (κ3) is 7.48. The van der Waals surface area contributed by atoms with Gasteiger partial charge in [0.25, 0.3) is 0 Å². The van der Waals surface area contributed by atoms with E-state index in [2.05, 4.69) is 64.6 Å². The summed E-state index contributed by atoms with van der Waals surface area (Å²) in [4.78, 5) is 6.02. The predicted molar refractivity (Wildman–Crippen MR) is 145 cm³/mol. The first-order valence-corrected chi connectivity index (χ1v) is 12.2. The molecule has 1 aliphatic heterocycles. The van der Waals surface area contributed by atoms with Gasteiger partial charge in [-0.3, -0.25) is 0 Å². The fourth-order valence-electron chi connectivity index (χ4n) is 2.94. The van der Waals surface area contributed by atoms with Crippen LogP contribution in [-0.4, -0.2) is 5.84 Å². The highest BCUT2D eigenvalue weighted by Crippen LogP contribution is 2.43. The minimum absolute atomic E-state index is 0. The second-order valence-electron chi connectivity index (χ2n) is 6.41. The van der Waals surface area contributed by atoms with Crippen LogP contribution in [0.2, 0.25) is 0 Å². The molecule has 0 saturated carbocycles. The summed E-state index contributed by atoms with van der Waals surface area (Å²) < 4.78 is 0. The van der Waals surface area contributed by atoms with Gasteiger partial charge in [0.15, 0.2) is 0 Å². The van der Waals surface area contributed by atoms with Crippen molar-refractivity contribution in [3.63, 3.8) is 0 Å². The fraction of sp³-hybridized carbons (Fsp3) is 0.444. The molecule has 31 heavy (non-hydrogen) atoms. The zero-order valence-corrected chi connectivity index (χ0v) is 22.3. The first-order chi connectivity index (χ1) is 14.4. The van der Waals surface area contributed by atoms with Crippen molar-refractivity contribution in [1.29, 1.82) is 0 Å². The van der Waals surface area contributed by atoms with E-state index in [0.29, 0.717) is 5.84 Å². The zero-order chi connectivity index (χ0) is 23.4. The van der Waals surface area contributed by atoms with E-state index in [9.17, 15) is 0 Å². The second-order valence-corrected chi connectivity index (χ2v) is 7.61. The lowest BCUT2D eigenvalue weighted by atomic mass is 9.89. The average molecular weight is 444 g/mol. The van der Waals surface area contributed by atoms with Gasteiger partial charge in [-0.1, -0.05) is 92.3 Å². The molecular weight excluding hydrogens is 398 g/mol. The van der Waals surface area contributed by atoms with E-state index in [1.54, 1.807) is 11.3 Å². The molecule has 1 atom stereocenters. The number of fused-ring (bicyclic) bond motifs is 1. The Hall–Kier alpha value is -2.17. The quantitative estimate of drug-likeness (QED) is 0.486. The highest BCUT2D eigenvalue weighted by atomic mass is 32.1. The number of amidine groups is 1. The summed E-state index contributed by atoms with van der Waals surface area (Å²) in [5.74, 6) is 0.685. The molecular formula is C27H45N3S. The predicted octanol–water partition coefficient (Wildman–Crippen LogP) is 8.79. The Balaban J connectivity index is 0. The summed E-state index contributed by atoms with van der Waals surface area (Å²) in [6.45, 7) is 24.8. The number of benzene rings is 1. The summed E-state index contributed by atoms with van der Waals surface area (Å²) in [5.41, 5.74) is 13.4. The van der Waals surface area contributed by atoms with Gasteiger partial charge >= 0.3 is 0 Å². The number of hydrogen-bond donors (Lipinski definition) is 2. The van der Waals surface area contributed by atoms with Crippen LogP contribution in [0, 0.1) is 19.8 Å². The Bertz CT molecular complexity index is 855. The average Bonchev–Trinajstić information content (AvgIpc) is 3.07. The highest BCUT2D eigenvalue weighted by Gasteiger charge is 2.22. The molecule has 1 unspecified atom stereocenters. The Labute approximate surface area is 195 Å². The number of aliphatic imine (C=N–C) groups is 1. The van der Waals surface area contributed by atoms with Crippen LogP contribution >= 0.6 is 11.3 Å². The maximum atomic E-state index is 6.20. The van der Waals surface area contributed by atoms with E-state index in [4.69, 9.17) is 10.7 Å². The molecule has 0 fully saturated rings. The summed E-state index contributed by atoms with van der Waals surface area (Å²) >= 11 is 1.71. The molecule has 0 radical (unpaired) electrons. The normalized spacial score (nSPS) is 15.9. The zero-order valence-electron chi connectivity index (χ0n) is 21.5. The molecule has 3 nitrogen and oxygen atoms in total. The Morgan fingerprint density at radius 1 is 1.00 bits per heavy atom. The Kier molecular flexibility index (Phi) is 15.6. The third-order valence-electron chi connectivity index (χ3n) is 4.87. The van der Waals surface area contributed by atoms with E-state index in [-0.39, 0.29) is 12.1 Å². The summed E-state index contributed by atoms with van der Waals surface area (Å²) in [6, 6.07) is 8.81. The SMILES string of the molecule is C=C1C=C(c2ccc(CC)cc2)c2c(sc(C)c2C)/N=C(/N)C1C.CC.CC.CC.N. The van der Waals surface area contributed by atoms with Crippen molar-refractivity contribution in [2.75, 3.05) is 0 Å². The van der Waals surface area contributed by atoms with Crippen LogP contribution < -0.4 is 11.9 Å². The number of nitrogens with zero attached hydrogens (tertiary/aromatic N) is 1. The Morgan fingerprint density at radius 3 is 2.00 bits per heavy atom. The number of allylic oxidation sites excluding steroid dienone is 1. The van der Waals surface area contributed by atoms with Gasteiger partial charge in [0, 0.05) is 16.4 Å². The van der Waals surface area contributed by atoms with Gasteiger partial charge in [0.2, 0.25) is 0 Å². The van der Waals surface area contributed by atoms with Crippen LogP contribution in [0.25, 0.3) is 5.57 Å². The number of rotatable bonds is 2. The minimum Gasteiger partial charge on any atom is -0.387 e. The molecule has 1 aromatic carbocycles. The smallest absolute Gasteiger partial charge is 0.126 e. The highest BCUT2D eigenvalue weighted by molar-refractivity contribution is 7.16. The largest absolute Gasteiger partial charge is 0.387 e. The van der Waals surface area contributed by atoms with Crippen molar-refractivity contribution in [2.24, 2.45) is 16.6 Å². The van der Waals surface area contributed by atoms with Crippen LogP contribution in [0.5, 0.6) is 0 Å². The molecule has 174 valence electrons. The van der Waals surface area contributed by atoms with Crippen molar-refractivity contribution in [1.82, 2.24) is 6.15 Å². The molecule has 0 saturated heterocycles. The topological polar surface area (TPSA) is 73.4 Å². The van der Waals surface area contributed by atoms with Crippen LogP contribution in [0.1, 0.15) is 82.5 Å². The monoisotopic (exact) mass is 443 g/mol. The van der Waals surface area contributed by atoms with Crippen LogP contribution in [0.15, 0.2) is 47.5 Å². The lowest BCUT2D eigenvalue weighted by Gasteiger charge is -2.18. The minimum atomic E-state index is 0. The number of thiophene rings is 1. The molecule has 1 aromatic heterocycles. The molecule has 3 rings (SSSR count). The first kappa shape index (κ1) is 31.0. The van der Waals surface area contributed by atoms with E-state index in [0.717, 1.165) is 17.0 Å². The number of aryl methyl sites for hydroxylation is 2. The van der Waals surface area contributed by atoms with Gasteiger partial charge in [-0.2, -0.15) is 0 Å².